The summed E-state index contributed by atoms with van der Waals surface area (Å²) in [6.45, 7) is 17.5. The zero-order chi connectivity index (χ0) is 23.6. The standard InChI is InChI=1S/2C12H22N2OS/c1-11(2,3)14-7-5-12(6-8-14)13-10(15)4-9-16-12;1-11(2,3)14-10(15)4-9-16-12(14)5-7-13-8-6-12/h4-9H2,1-3H3,(H,13,15);13H,4-9H2,1-3H3. The highest BCUT2D eigenvalue weighted by molar-refractivity contribution is 8.01. The zero-order valence-electron chi connectivity index (χ0n) is 21.0. The highest BCUT2D eigenvalue weighted by Gasteiger charge is 2.48. The van der Waals surface area contributed by atoms with Crippen molar-refractivity contribution in [1.82, 2.24) is 20.4 Å². The van der Waals surface area contributed by atoms with Crippen LogP contribution in [0.4, 0.5) is 0 Å². The number of thioether (sulfide) groups is 2. The molecule has 32 heavy (non-hydrogen) atoms. The molecule has 0 radical (unpaired) electrons. The molecule has 2 spiro atoms. The second kappa shape index (κ2) is 10.0. The molecule has 0 unspecified atom stereocenters. The van der Waals surface area contributed by atoms with Crippen molar-refractivity contribution in [2.45, 2.75) is 101 Å². The molecule has 8 heteroatoms. The van der Waals surface area contributed by atoms with Crippen molar-refractivity contribution >= 4 is 35.3 Å². The van der Waals surface area contributed by atoms with Gasteiger partial charge in [-0.05, 0) is 80.3 Å². The first-order valence-electron chi connectivity index (χ1n) is 12.2. The van der Waals surface area contributed by atoms with Gasteiger partial charge < -0.3 is 15.5 Å². The first-order chi connectivity index (χ1) is 14.9. The Balaban J connectivity index is 0.000000181. The van der Waals surface area contributed by atoms with E-state index in [4.69, 9.17) is 0 Å². The van der Waals surface area contributed by atoms with Gasteiger partial charge in [0.25, 0.3) is 0 Å². The van der Waals surface area contributed by atoms with Crippen LogP contribution in [0.25, 0.3) is 0 Å². The molecule has 4 aliphatic heterocycles. The topological polar surface area (TPSA) is 64.7 Å². The Kier molecular flexibility index (Phi) is 8.21. The quantitative estimate of drug-likeness (QED) is 0.547. The van der Waals surface area contributed by atoms with Crippen molar-refractivity contribution in [1.29, 1.82) is 0 Å². The SMILES string of the molecule is CC(C)(C)N1C(=O)CCSC12CCNCC2.CC(C)(C)N1CCC2(CC1)NC(=O)CCS2. The van der Waals surface area contributed by atoms with Gasteiger partial charge in [-0.1, -0.05) is 0 Å². The number of rotatable bonds is 0. The smallest absolute Gasteiger partial charge is 0.224 e. The Bertz CT molecular complexity index is 667. The maximum Gasteiger partial charge on any atom is 0.224 e. The largest absolute Gasteiger partial charge is 0.342 e. The molecule has 0 bridgehead atoms. The summed E-state index contributed by atoms with van der Waals surface area (Å²) >= 11 is 3.93. The molecule has 0 aromatic heterocycles. The highest BCUT2D eigenvalue weighted by atomic mass is 32.2. The Morgan fingerprint density at radius 1 is 0.812 bits per heavy atom. The molecule has 2 amide bonds. The molecule has 0 aliphatic carbocycles. The Morgan fingerprint density at radius 2 is 1.41 bits per heavy atom. The molecular formula is C24H44N4O2S2. The lowest BCUT2D eigenvalue weighted by Crippen LogP contribution is -2.63. The maximum absolute atomic E-state index is 12.2. The number of carbonyl (C=O) groups excluding carboxylic acids is 2. The number of nitrogens with zero attached hydrogens (tertiary/aromatic N) is 2. The zero-order valence-corrected chi connectivity index (χ0v) is 22.6. The van der Waals surface area contributed by atoms with Crippen molar-refractivity contribution in [3.05, 3.63) is 0 Å². The lowest BCUT2D eigenvalue weighted by molar-refractivity contribution is -0.142. The molecule has 0 saturated carbocycles. The van der Waals surface area contributed by atoms with E-state index in [1.54, 1.807) is 0 Å². The van der Waals surface area contributed by atoms with E-state index in [2.05, 4.69) is 62.0 Å². The number of likely N-dealkylation sites (tertiary alicyclic amines) is 1. The summed E-state index contributed by atoms with van der Waals surface area (Å²) in [5.41, 5.74) is 0.201. The van der Waals surface area contributed by atoms with Crippen LogP contribution in [0, 0.1) is 0 Å². The van der Waals surface area contributed by atoms with Gasteiger partial charge in [0.05, 0.1) is 9.74 Å². The number of hydrogen-bond donors (Lipinski definition) is 2. The van der Waals surface area contributed by atoms with E-state index in [1.807, 2.05) is 23.5 Å². The molecule has 0 aromatic carbocycles. The lowest BCUT2D eigenvalue weighted by atomic mass is 9.95. The molecule has 184 valence electrons. The molecule has 0 aromatic rings. The minimum Gasteiger partial charge on any atom is -0.342 e. The van der Waals surface area contributed by atoms with E-state index in [0.29, 0.717) is 18.7 Å². The molecule has 6 nitrogen and oxygen atoms in total. The molecular weight excluding hydrogens is 440 g/mol. The summed E-state index contributed by atoms with van der Waals surface area (Å²) in [6, 6.07) is 0. The van der Waals surface area contributed by atoms with Crippen molar-refractivity contribution in [2.24, 2.45) is 0 Å². The molecule has 4 aliphatic rings. The summed E-state index contributed by atoms with van der Waals surface area (Å²) in [4.78, 5) is 28.5. The van der Waals surface area contributed by atoms with Crippen molar-refractivity contribution < 1.29 is 9.59 Å². The number of amides is 2. The van der Waals surface area contributed by atoms with Crippen LogP contribution >= 0.6 is 23.5 Å². The van der Waals surface area contributed by atoms with Gasteiger partial charge in [-0.2, -0.15) is 0 Å². The van der Waals surface area contributed by atoms with Crippen LogP contribution in [0.1, 0.15) is 80.1 Å². The van der Waals surface area contributed by atoms with E-state index in [0.717, 1.165) is 63.4 Å². The average Bonchev–Trinajstić information content (AvgIpc) is 2.67. The summed E-state index contributed by atoms with van der Waals surface area (Å²) < 4.78 is 0. The molecule has 4 heterocycles. The van der Waals surface area contributed by atoms with Crippen molar-refractivity contribution in [3.63, 3.8) is 0 Å². The van der Waals surface area contributed by atoms with Crippen LogP contribution in [0.5, 0.6) is 0 Å². The third-order valence-electron chi connectivity index (χ3n) is 6.99. The molecule has 0 atom stereocenters. The van der Waals surface area contributed by atoms with Crippen LogP contribution in [0.3, 0.4) is 0 Å². The van der Waals surface area contributed by atoms with Gasteiger partial charge in [0, 0.05) is 48.5 Å². The number of piperidine rings is 2. The van der Waals surface area contributed by atoms with Gasteiger partial charge in [0.1, 0.15) is 0 Å². The van der Waals surface area contributed by atoms with Crippen LogP contribution in [0.2, 0.25) is 0 Å². The van der Waals surface area contributed by atoms with Crippen LogP contribution in [-0.4, -0.2) is 80.1 Å². The molecule has 2 N–H and O–H groups in total. The fraction of sp³-hybridized carbons (Fsp3) is 0.917. The van der Waals surface area contributed by atoms with Gasteiger partial charge in [-0.15, -0.1) is 23.5 Å². The summed E-state index contributed by atoms with van der Waals surface area (Å²) in [5, 5.41) is 6.59. The van der Waals surface area contributed by atoms with Crippen molar-refractivity contribution in [2.75, 3.05) is 37.7 Å². The lowest BCUT2D eigenvalue weighted by Gasteiger charge is -2.54. The van der Waals surface area contributed by atoms with Gasteiger partial charge in [0.15, 0.2) is 0 Å². The predicted octanol–water partition coefficient (Wildman–Crippen LogP) is 3.66. The fourth-order valence-electron chi connectivity index (χ4n) is 5.40. The second-order valence-corrected chi connectivity index (χ2v) is 14.4. The van der Waals surface area contributed by atoms with Gasteiger partial charge in [-0.25, -0.2) is 0 Å². The van der Waals surface area contributed by atoms with Crippen LogP contribution in [0.15, 0.2) is 0 Å². The fourth-order valence-corrected chi connectivity index (χ4v) is 8.39. The van der Waals surface area contributed by atoms with E-state index in [9.17, 15) is 9.59 Å². The molecule has 4 saturated heterocycles. The number of hydrogen-bond acceptors (Lipinski definition) is 6. The van der Waals surface area contributed by atoms with Gasteiger partial charge >= 0.3 is 0 Å². The molecule has 4 fully saturated rings. The Labute approximate surface area is 203 Å². The Hall–Kier alpha value is -0.440. The minimum atomic E-state index is -0.0537. The first-order valence-corrected chi connectivity index (χ1v) is 14.2. The third kappa shape index (κ3) is 6.16. The second-order valence-electron chi connectivity index (χ2n) is 11.5. The normalized spacial score (nSPS) is 26.5. The van der Waals surface area contributed by atoms with E-state index in [-0.39, 0.29) is 26.7 Å². The van der Waals surface area contributed by atoms with E-state index in [1.165, 1.54) is 0 Å². The molecule has 4 rings (SSSR count). The monoisotopic (exact) mass is 484 g/mol. The first kappa shape index (κ1) is 26.2. The maximum atomic E-state index is 12.2. The number of nitrogens with one attached hydrogen (secondary N) is 2. The minimum absolute atomic E-state index is 0.0527. The van der Waals surface area contributed by atoms with Crippen LogP contribution in [-0.2, 0) is 9.59 Å². The summed E-state index contributed by atoms with van der Waals surface area (Å²) in [6.07, 6.45) is 5.73. The third-order valence-corrected chi connectivity index (χ3v) is 10.0. The van der Waals surface area contributed by atoms with E-state index >= 15 is 0 Å². The Morgan fingerprint density at radius 3 is 1.94 bits per heavy atom. The van der Waals surface area contributed by atoms with Gasteiger partial charge in [0.2, 0.25) is 11.8 Å². The summed E-state index contributed by atoms with van der Waals surface area (Å²) in [7, 11) is 0. The number of carbonyl (C=O) groups is 2. The van der Waals surface area contributed by atoms with Crippen LogP contribution < -0.4 is 10.6 Å². The van der Waals surface area contributed by atoms with Crippen molar-refractivity contribution in [3.8, 4) is 0 Å². The predicted molar refractivity (Wildman–Crippen MR) is 137 cm³/mol. The summed E-state index contributed by atoms with van der Waals surface area (Å²) in [5.74, 6) is 2.56. The highest BCUT2D eigenvalue weighted by Crippen LogP contribution is 2.45. The van der Waals surface area contributed by atoms with E-state index < -0.39 is 0 Å². The average molecular weight is 485 g/mol. The van der Waals surface area contributed by atoms with Gasteiger partial charge in [-0.3, -0.25) is 14.5 Å².